The van der Waals surface area contributed by atoms with E-state index in [1.54, 1.807) is 12.3 Å². The van der Waals surface area contributed by atoms with Gasteiger partial charge in [-0.15, -0.1) is 0 Å². The van der Waals surface area contributed by atoms with Crippen LogP contribution in [0.3, 0.4) is 0 Å². The topological polar surface area (TPSA) is 66.9 Å². The highest BCUT2D eigenvalue weighted by Gasteiger charge is 2.10. The number of hydrogen-bond acceptors (Lipinski definition) is 4. The monoisotopic (exact) mass is 366 g/mol. The molecule has 0 atom stereocenters. The van der Waals surface area contributed by atoms with Crippen LogP contribution in [0.4, 0.5) is 11.6 Å². The fourth-order valence-corrected chi connectivity index (χ4v) is 2.83. The fourth-order valence-electron chi connectivity index (χ4n) is 2.63. The highest BCUT2D eigenvalue weighted by molar-refractivity contribution is 6.31. The first-order valence-corrected chi connectivity index (χ1v) is 8.59. The molecular formula is C20H19ClN4O. The second-order valence-electron chi connectivity index (χ2n) is 6.04. The van der Waals surface area contributed by atoms with E-state index >= 15 is 0 Å². The van der Waals surface area contributed by atoms with Gasteiger partial charge in [-0.3, -0.25) is 4.79 Å². The maximum Gasteiger partial charge on any atom is 0.274 e. The Morgan fingerprint density at radius 3 is 2.54 bits per heavy atom. The van der Waals surface area contributed by atoms with Crippen LogP contribution < -0.4 is 10.6 Å². The number of hydrogen-bond donors (Lipinski definition) is 2. The van der Waals surface area contributed by atoms with Crippen LogP contribution in [0.1, 0.15) is 27.2 Å². The molecular weight excluding hydrogens is 348 g/mol. The molecule has 1 amide bonds. The quantitative estimate of drug-likeness (QED) is 0.691. The smallest absolute Gasteiger partial charge is 0.274 e. The molecule has 0 aliphatic heterocycles. The summed E-state index contributed by atoms with van der Waals surface area (Å²) in [5, 5.41) is 6.63. The van der Waals surface area contributed by atoms with Gasteiger partial charge in [-0.05, 0) is 54.8 Å². The lowest BCUT2D eigenvalue weighted by Crippen LogP contribution is -2.15. The molecule has 3 aromatic rings. The Bertz CT molecular complexity index is 922. The summed E-state index contributed by atoms with van der Waals surface area (Å²) in [6, 6.07) is 15.0. The zero-order valence-electron chi connectivity index (χ0n) is 14.6. The number of carbonyl (C=O) groups is 1. The number of carbonyl (C=O) groups excluding carboxylic acids is 1. The van der Waals surface area contributed by atoms with Gasteiger partial charge in [0, 0.05) is 23.5 Å². The van der Waals surface area contributed by atoms with Gasteiger partial charge in [0.15, 0.2) is 0 Å². The Labute approximate surface area is 157 Å². The SMILES string of the molecule is Cc1cc(C)cc(NC(=O)c2ccnc(NCc3ccccc3Cl)n2)c1. The summed E-state index contributed by atoms with van der Waals surface area (Å²) < 4.78 is 0. The Balaban J connectivity index is 1.70. The normalized spacial score (nSPS) is 10.4. The lowest BCUT2D eigenvalue weighted by Gasteiger charge is -2.09. The molecule has 0 unspecified atom stereocenters. The number of aromatic nitrogens is 2. The summed E-state index contributed by atoms with van der Waals surface area (Å²) in [4.78, 5) is 20.9. The van der Waals surface area contributed by atoms with Crippen molar-refractivity contribution in [1.82, 2.24) is 9.97 Å². The largest absolute Gasteiger partial charge is 0.350 e. The molecule has 0 spiro atoms. The second-order valence-corrected chi connectivity index (χ2v) is 6.45. The molecule has 0 saturated carbocycles. The first-order chi connectivity index (χ1) is 12.5. The number of aryl methyl sites for hydroxylation is 2. The number of rotatable bonds is 5. The summed E-state index contributed by atoms with van der Waals surface area (Å²) in [7, 11) is 0. The van der Waals surface area contributed by atoms with Crippen molar-refractivity contribution in [2.75, 3.05) is 10.6 Å². The van der Waals surface area contributed by atoms with E-state index in [4.69, 9.17) is 11.6 Å². The Morgan fingerprint density at radius 2 is 1.81 bits per heavy atom. The molecule has 6 heteroatoms. The summed E-state index contributed by atoms with van der Waals surface area (Å²) in [6.45, 7) is 4.45. The van der Waals surface area contributed by atoms with Crippen molar-refractivity contribution in [3.8, 4) is 0 Å². The number of amides is 1. The summed E-state index contributed by atoms with van der Waals surface area (Å²) in [6.07, 6.45) is 1.55. The minimum absolute atomic E-state index is 0.279. The van der Waals surface area contributed by atoms with E-state index in [-0.39, 0.29) is 5.91 Å². The molecule has 0 bridgehead atoms. The lowest BCUT2D eigenvalue weighted by molar-refractivity contribution is 0.102. The van der Waals surface area contributed by atoms with Crippen LogP contribution in [-0.2, 0) is 6.54 Å². The molecule has 2 aromatic carbocycles. The molecule has 0 saturated heterocycles. The third-order valence-electron chi connectivity index (χ3n) is 3.76. The molecule has 1 aromatic heterocycles. The molecule has 0 radical (unpaired) electrons. The molecule has 132 valence electrons. The average molecular weight is 367 g/mol. The van der Waals surface area contributed by atoms with Gasteiger partial charge < -0.3 is 10.6 Å². The number of nitrogens with one attached hydrogen (secondary N) is 2. The van der Waals surface area contributed by atoms with Crippen molar-refractivity contribution in [2.45, 2.75) is 20.4 Å². The van der Waals surface area contributed by atoms with Gasteiger partial charge in [0.2, 0.25) is 5.95 Å². The van der Waals surface area contributed by atoms with Gasteiger partial charge in [0.25, 0.3) is 5.91 Å². The van der Waals surface area contributed by atoms with Crippen LogP contribution >= 0.6 is 11.6 Å². The van der Waals surface area contributed by atoms with Gasteiger partial charge in [-0.1, -0.05) is 35.9 Å². The van der Waals surface area contributed by atoms with Crippen LogP contribution in [0.5, 0.6) is 0 Å². The van der Waals surface area contributed by atoms with E-state index in [1.807, 2.05) is 50.2 Å². The fraction of sp³-hybridized carbons (Fsp3) is 0.150. The van der Waals surface area contributed by atoms with E-state index in [0.717, 1.165) is 22.4 Å². The molecule has 2 N–H and O–H groups in total. The number of anilines is 2. The van der Waals surface area contributed by atoms with Crippen molar-refractivity contribution in [3.63, 3.8) is 0 Å². The molecule has 0 aliphatic carbocycles. The Kier molecular flexibility index (Phi) is 5.49. The van der Waals surface area contributed by atoms with E-state index in [9.17, 15) is 4.79 Å². The highest BCUT2D eigenvalue weighted by atomic mass is 35.5. The maximum absolute atomic E-state index is 12.5. The average Bonchev–Trinajstić information content (AvgIpc) is 2.60. The second kappa shape index (κ2) is 7.97. The summed E-state index contributed by atoms with van der Waals surface area (Å²) in [5.41, 5.74) is 4.15. The predicted molar refractivity (Wildman–Crippen MR) is 105 cm³/mol. The van der Waals surface area contributed by atoms with Gasteiger partial charge in [0.05, 0.1) is 0 Å². The predicted octanol–water partition coefficient (Wildman–Crippen LogP) is 4.61. The van der Waals surface area contributed by atoms with Crippen molar-refractivity contribution in [3.05, 3.63) is 82.1 Å². The van der Waals surface area contributed by atoms with Crippen LogP contribution in [0, 0.1) is 13.8 Å². The third-order valence-corrected chi connectivity index (χ3v) is 4.13. The first kappa shape index (κ1) is 17.9. The number of halogens is 1. The van der Waals surface area contributed by atoms with Crippen LogP contribution in [0.25, 0.3) is 0 Å². The minimum atomic E-state index is -0.279. The van der Waals surface area contributed by atoms with E-state index in [1.165, 1.54) is 0 Å². The first-order valence-electron chi connectivity index (χ1n) is 8.21. The van der Waals surface area contributed by atoms with Crippen molar-refractivity contribution in [1.29, 1.82) is 0 Å². The van der Waals surface area contributed by atoms with Crippen molar-refractivity contribution >= 4 is 29.1 Å². The Hall–Kier alpha value is -2.92. The van der Waals surface area contributed by atoms with Gasteiger partial charge in [-0.25, -0.2) is 9.97 Å². The molecule has 1 heterocycles. The minimum Gasteiger partial charge on any atom is -0.350 e. The summed E-state index contributed by atoms with van der Waals surface area (Å²) >= 11 is 6.14. The lowest BCUT2D eigenvalue weighted by atomic mass is 10.1. The molecule has 5 nitrogen and oxygen atoms in total. The molecule has 3 rings (SSSR count). The third kappa shape index (κ3) is 4.58. The van der Waals surface area contributed by atoms with E-state index in [0.29, 0.717) is 23.2 Å². The standard InChI is InChI=1S/C20H19ClN4O/c1-13-9-14(2)11-16(10-13)24-19(26)18-7-8-22-20(25-18)23-12-15-5-3-4-6-17(15)21/h3-11H,12H2,1-2H3,(H,24,26)(H,22,23,25). The zero-order chi connectivity index (χ0) is 18.5. The van der Waals surface area contributed by atoms with Gasteiger partial charge >= 0.3 is 0 Å². The van der Waals surface area contributed by atoms with Crippen molar-refractivity contribution in [2.24, 2.45) is 0 Å². The maximum atomic E-state index is 12.5. The zero-order valence-corrected chi connectivity index (χ0v) is 15.3. The highest BCUT2D eigenvalue weighted by Crippen LogP contribution is 2.17. The van der Waals surface area contributed by atoms with E-state index < -0.39 is 0 Å². The van der Waals surface area contributed by atoms with E-state index in [2.05, 4.69) is 26.7 Å². The van der Waals surface area contributed by atoms with Crippen LogP contribution in [0.2, 0.25) is 5.02 Å². The number of benzene rings is 2. The number of nitrogens with zero attached hydrogens (tertiary/aromatic N) is 2. The molecule has 0 fully saturated rings. The van der Waals surface area contributed by atoms with Gasteiger partial charge in [0.1, 0.15) is 5.69 Å². The van der Waals surface area contributed by atoms with Crippen LogP contribution in [0.15, 0.2) is 54.7 Å². The van der Waals surface area contributed by atoms with Crippen LogP contribution in [-0.4, -0.2) is 15.9 Å². The van der Waals surface area contributed by atoms with Gasteiger partial charge in [-0.2, -0.15) is 0 Å². The Morgan fingerprint density at radius 1 is 1.08 bits per heavy atom. The van der Waals surface area contributed by atoms with Crippen molar-refractivity contribution < 1.29 is 4.79 Å². The summed E-state index contributed by atoms with van der Waals surface area (Å²) in [5.74, 6) is 0.0937. The molecule has 26 heavy (non-hydrogen) atoms. The molecule has 0 aliphatic rings.